The van der Waals surface area contributed by atoms with Crippen LogP contribution in [0.1, 0.15) is 35.5 Å². The molecule has 0 atom stereocenters. The number of hydrogen-bond acceptors (Lipinski definition) is 6. The van der Waals surface area contributed by atoms with Crippen molar-refractivity contribution in [2.45, 2.75) is 39.5 Å². The van der Waals surface area contributed by atoms with E-state index in [2.05, 4.69) is 20.9 Å². The van der Waals surface area contributed by atoms with Gasteiger partial charge in [-0.25, -0.2) is 18.9 Å². The zero-order valence-electron chi connectivity index (χ0n) is 22.0. The van der Waals surface area contributed by atoms with Crippen LogP contribution in [0.15, 0.2) is 65.6 Å². The molecule has 0 saturated heterocycles. The Morgan fingerprint density at radius 3 is 2.60 bits per heavy atom. The Bertz CT molecular complexity index is 1670. The van der Waals surface area contributed by atoms with Crippen LogP contribution in [0.4, 0.5) is 20.7 Å². The van der Waals surface area contributed by atoms with Gasteiger partial charge in [0, 0.05) is 18.0 Å². The molecule has 0 unspecified atom stereocenters. The van der Waals surface area contributed by atoms with Crippen LogP contribution in [0.5, 0.6) is 11.5 Å². The monoisotopic (exact) mass is 546 g/mol. The van der Waals surface area contributed by atoms with Gasteiger partial charge in [0.15, 0.2) is 11.6 Å². The third kappa shape index (κ3) is 5.29. The van der Waals surface area contributed by atoms with Crippen molar-refractivity contribution in [1.29, 1.82) is 0 Å². The Balaban J connectivity index is 1.42. The first kappa shape index (κ1) is 26.6. The molecule has 0 fully saturated rings. The molecule has 2 aromatic heterocycles. The summed E-state index contributed by atoms with van der Waals surface area (Å²) in [5, 5.41) is 18.2. The fourth-order valence-corrected chi connectivity index (χ4v) is 4.44. The Labute approximate surface area is 228 Å². The maximum Gasteiger partial charge on any atom is 0.320 e. The van der Waals surface area contributed by atoms with Crippen LogP contribution < -0.4 is 26.2 Å². The predicted molar refractivity (Wildman–Crippen MR) is 146 cm³/mol. The fraction of sp³-hybridized carbons (Fsp3) is 0.214. The van der Waals surface area contributed by atoms with Gasteiger partial charge in [-0.2, -0.15) is 0 Å². The lowest BCUT2D eigenvalue weighted by Gasteiger charge is -2.22. The number of amides is 3. The summed E-state index contributed by atoms with van der Waals surface area (Å²) in [6.07, 6.45) is 1.43. The molecule has 11 nitrogen and oxygen atoms in total. The van der Waals surface area contributed by atoms with E-state index in [0.29, 0.717) is 28.5 Å². The van der Waals surface area contributed by atoms with Crippen molar-refractivity contribution in [3.05, 3.63) is 93.8 Å². The number of nitrogens with zero attached hydrogens (tertiary/aromatic N) is 3. The van der Waals surface area contributed by atoms with E-state index < -0.39 is 28.9 Å². The van der Waals surface area contributed by atoms with Gasteiger partial charge in [0.1, 0.15) is 17.1 Å². The van der Waals surface area contributed by atoms with E-state index in [9.17, 15) is 19.5 Å². The van der Waals surface area contributed by atoms with E-state index in [1.165, 1.54) is 23.0 Å². The van der Waals surface area contributed by atoms with Crippen LogP contribution in [-0.2, 0) is 13.1 Å². The van der Waals surface area contributed by atoms with Gasteiger partial charge in [-0.15, -0.1) is 0 Å². The summed E-state index contributed by atoms with van der Waals surface area (Å²) in [4.78, 5) is 42.4. The van der Waals surface area contributed by atoms with Crippen molar-refractivity contribution in [2.75, 3.05) is 10.6 Å². The molecule has 0 aliphatic carbocycles. The number of halogens is 1. The number of ether oxygens (including phenoxy) is 1. The number of pyridine rings is 1. The van der Waals surface area contributed by atoms with E-state index >= 15 is 4.39 Å². The lowest BCUT2D eigenvalue weighted by Crippen LogP contribution is -2.34. The van der Waals surface area contributed by atoms with Crippen LogP contribution in [0.3, 0.4) is 0 Å². The van der Waals surface area contributed by atoms with Gasteiger partial charge in [0.2, 0.25) is 0 Å². The number of carbonyl (C=O) groups excluding carboxylic acids is 2. The van der Waals surface area contributed by atoms with Crippen molar-refractivity contribution >= 4 is 23.4 Å². The third-order valence-electron chi connectivity index (χ3n) is 6.24. The molecule has 1 aliphatic rings. The normalized spacial score (nSPS) is 12.8. The molecule has 0 radical (unpaired) electrons. The molecule has 1 aliphatic heterocycles. The summed E-state index contributed by atoms with van der Waals surface area (Å²) < 4.78 is 23.7. The van der Waals surface area contributed by atoms with Crippen molar-refractivity contribution in [1.82, 2.24) is 19.7 Å². The molecule has 0 spiro atoms. The Morgan fingerprint density at radius 2 is 1.90 bits per heavy atom. The first-order valence-corrected chi connectivity index (χ1v) is 12.4. The fourth-order valence-electron chi connectivity index (χ4n) is 4.44. The maximum absolute atomic E-state index is 15.0. The van der Waals surface area contributed by atoms with Crippen LogP contribution in [0.2, 0.25) is 0 Å². The number of benzene rings is 2. The summed E-state index contributed by atoms with van der Waals surface area (Å²) in [6, 6.07) is 13.8. The number of para-hydroxylation sites is 1. The van der Waals surface area contributed by atoms with Crippen LogP contribution in [-0.4, -0.2) is 37.0 Å². The summed E-state index contributed by atoms with van der Waals surface area (Å²) in [5.74, 6) is -0.965. The molecule has 206 valence electrons. The lowest BCUT2D eigenvalue weighted by molar-refractivity contribution is 0.0546. The second-order valence-corrected chi connectivity index (χ2v) is 9.93. The number of aliphatic hydroxyl groups is 1. The zero-order chi connectivity index (χ0) is 28.6. The first-order chi connectivity index (χ1) is 19.0. The second kappa shape index (κ2) is 10.3. The average Bonchev–Trinajstić information content (AvgIpc) is 3.13. The molecule has 2 aromatic carbocycles. The number of nitrogens with one attached hydrogen (secondary N) is 3. The Hall–Kier alpha value is -4.97. The molecule has 4 aromatic rings. The highest BCUT2D eigenvalue weighted by Gasteiger charge is 2.27. The van der Waals surface area contributed by atoms with Gasteiger partial charge >= 0.3 is 6.03 Å². The molecular formula is C28H27FN6O5. The highest BCUT2D eigenvalue weighted by Crippen LogP contribution is 2.33. The SMILES string of the molecule is Cc1c(C(=O)Nc2ccc(Oc3ccnc4c3CNC(=O)N4)c(F)c2)c(=O)n(-c2ccccc2)n1CC(C)(C)O. The Kier molecular flexibility index (Phi) is 6.86. The molecule has 3 amide bonds. The summed E-state index contributed by atoms with van der Waals surface area (Å²) >= 11 is 0. The van der Waals surface area contributed by atoms with Crippen molar-refractivity contribution in [3.63, 3.8) is 0 Å². The van der Waals surface area contributed by atoms with Crippen molar-refractivity contribution in [2.24, 2.45) is 0 Å². The number of rotatable bonds is 7. The van der Waals surface area contributed by atoms with E-state index in [1.807, 2.05) is 0 Å². The van der Waals surface area contributed by atoms with E-state index in [-0.39, 0.29) is 30.1 Å². The number of carbonyl (C=O) groups is 2. The second-order valence-electron chi connectivity index (χ2n) is 9.93. The van der Waals surface area contributed by atoms with Crippen LogP contribution in [0.25, 0.3) is 5.69 Å². The van der Waals surface area contributed by atoms with Crippen molar-refractivity contribution < 1.29 is 23.8 Å². The first-order valence-electron chi connectivity index (χ1n) is 12.4. The highest BCUT2D eigenvalue weighted by atomic mass is 19.1. The molecule has 0 bridgehead atoms. The third-order valence-corrected chi connectivity index (χ3v) is 6.24. The summed E-state index contributed by atoms with van der Waals surface area (Å²) in [7, 11) is 0. The van der Waals surface area contributed by atoms with Gasteiger partial charge in [-0.1, -0.05) is 18.2 Å². The Morgan fingerprint density at radius 1 is 1.15 bits per heavy atom. The number of hydrogen-bond donors (Lipinski definition) is 4. The van der Waals surface area contributed by atoms with E-state index in [1.54, 1.807) is 61.9 Å². The minimum atomic E-state index is -1.17. The number of anilines is 2. The molecule has 5 rings (SSSR count). The molecule has 40 heavy (non-hydrogen) atoms. The molecular weight excluding hydrogens is 519 g/mol. The predicted octanol–water partition coefficient (Wildman–Crippen LogP) is 3.93. The number of fused-ring (bicyclic) bond motifs is 1. The topological polar surface area (TPSA) is 140 Å². The minimum Gasteiger partial charge on any atom is -0.454 e. The van der Waals surface area contributed by atoms with Gasteiger partial charge in [-0.3, -0.25) is 19.6 Å². The standard InChI is InChI=1S/C28H27FN6O5/c1-16-23(26(37)35(18-7-5-4-6-8-18)34(16)15-28(2,3)39)25(36)32-17-9-10-22(20(29)13-17)40-21-11-12-30-24-19(21)14-31-27(38)33-24/h4-13,39H,14-15H2,1-3H3,(H,32,36)(H2,30,31,33,38). The minimum absolute atomic E-state index is 0.0504. The highest BCUT2D eigenvalue weighted by molar-refractivity contribution is 6.05. The summed E-state index contributed by atoms with van der Waals surface area (Å²) in [6.45, 7) is 5.03. The average molecular weight is 547 g/mol. The van der Waals surface area contributed by atoms with Crippen LogP contribution >= 0.6 is 0 Å². The quantitative estimate of drug-likeness (QED) is 0.277. The number of urea groups is 1. The largest absolute Gasteiger partial charge is 0.454 e. The summed E-state index contributed by atoms with van der Waals surface area (Å²) in [5.41, 5.74) is -0.340. The van der Waals surface area contributed by atoms with Gasteiger partial charge < -0.3 is 20.5 Å². The van der Waals surface area contributed by atoms with Gasteiger partial charge in [0.05, 0.1) is 35.6 Å². The lowest BCUT2D eigenvalue weighted by atomic mass is 10.1. The smallest absolute Gasteiger partial charge is 0.320 e. The van der Waals surface area contributed by atoms with Crippen LogP contribution in [0, 0.1) is 12.7 Å². The number of aromatic nitrogens is 3. The van der Waals surface area contributed by atoms with Gasteiger partial charge in [0.25, 0.3) is 11.5 Å². The molecule has 4 N–H and O–H groups in total. The van der Waals surface area contributed by atoms with Crippen molar-refractivity contribution in [3.8, 4) is 17.2 Å². The maximum atomic E-state index is 15.0. The molecule has 3 heterocycles. The van der Waals surface area contributed by atoms with E-state index in [4.69, 9.17) is 4.74 Å². The van der Waals surface area contributed by atoms with Gasteiger partial charge in [-0.05, 0) is 51.1 Å². The molecule has 12 heteroatoms. The molecule has 0 saturated carbocycles. The zero-order valence-corrected chi connectivity index (χ0v) is 22.0. The van der Waals surface area contributed by atoms with E-state index in [0.717, 1.165) is 6.07 Å².